The van der Waals surface area contributed by atoms with Crippen LogP contribution in [-0.2, 0) is 27.5 Å². The number of carbonyl (C=O) groups excluding carboxylic acids is 1. The number of sulfone groups is 1. The molecule has 1 aromatic heterocycles. The molecular formula is C21H19ClF2N2O3S. The second-order valence-corrected chi connectivity index (χ2v) is 9.91. The van der Waals surface area contributed by atoms with Crippen LogP contribution in [-0.4, -0.2) is 31.4 Å². The van der Waals surface area contributed by atoms with Crippen LogP contribution >= 0.6 is 11.6 Å². The topological polar surface area (TPSA) is 79.0 Å². The number of fused-ring (bicyclic) bond motifs is 3. The summed E-state index contributed by atoms with van der Waals surface area (Å²) in [6, 6.07) is 9.38. The molecule has 1 aliphatic rings. The second kappa shape index (κ2) is 7.35. The SMILES string of the molecule is CNC(=O)[C@@](F)(C1CCc2c([nH]c3ccc(Cl)cc23)C1)S(=O)(=O)c1cccc(F)c1. The van der Waals surface area contributed by atoms with E-state index >= 15 is 4.39 Å². The lowest BCUT2D eigenvalue weighted by Gasteiger charge is -2.34. The van der Waals surface area contributed by atoms with Crippen molar-refractivity contribution in [2.75, 3.05) is 7.05 Å². The smallest absolute Gasteiger partial charge is 0.294 e. The van der Waals surface area contributed by atoms with Crippen molar-refractivity contribution in [3.8, 4) is 0 Å². The molecule has 0 spiro atoms. The maximum atomic E-state index is 16.3. The molecule has 30 heavy (non-hydrogen) atoms. The van der Waals surface area contributed by atoms with Crippen LogP contribution in [0.4, 0.5) is 8.78 Å². The first kappa shape index (κ1) is 20.8. The van der Waals surface area contributed by atoms with Crippen molar-refractivity contribution in [1.29, 1.82) is 0 Å². The van der Waals surface area contributed by atoms with Crippen molar-refractivity contribution in [2.45, 2.75) is 29.2 Å². The van der Waals surface area contributed by atoms with Gasteiger partial charge in [-0.05, 0) is 61.2 Å². The van der Waals surface area contributed by atoms with Gasteiger partial charge in [0.1, 0.15) is 5.82 Å². The van der Waals surface area contributed by atoms with Gasteiger partial charge in [0, 0.05) is 34.6 Å². The summed E-state index contributed by atoms with van der Waals surface area (Å²) in [5.74, 6) is -3.24. The molecule has 5 nitrogen and oxygen atoms in total. The van der Waals surface area contributed by atoms with Crippen molar-refractivity contribution in [1.82, 2.24) is 10.3 Å². The highest BCUT2D eigenvalue weighted by atomic mass is 35.5. The summed E-state index contributed by atoms with van der Waals surface area (Å²) >= 11 is 6.08. The number of aryl methyl sites for hydroxylation is 1. The monoisotopic (exact) mass is 452 g/mol. The van der Waals surface area contributed by atoms with Crippen LogP contribution in [0.1, 0.15) is 17.7 Å². The van der Waals surface area contributed by atoms with Crippen molar-refractivity contribution in [3.63, 3.8) is 0 Å². The third-order valence-corrected chi connectivity index (χ3v) is 8.12. The molecule has 0 saturated heterocycles. The van der Waals surface area contributed by atoms with E-state index in [2.05, 4.69) is 10.3 Å². The predicted molar refractivity (Wildman–Crippen MR) is 110 cm³/mol. The number of aromatic amines is 1. The molecule has 9 heteroatoms. The molecule has 1 amide bonds. The summed E-state index contributed by atoms with van der Waals surface area (Å²) in [6.07, 6.45) is 0.521. The Morgan fingerprint density at radius 1 is 1.27 bits per heavy atom. The Morgan fingerprint density at radius 3 is 2.73 bits per heavy atom. The number of halogens is 3. The van der Waals surface area contributed by atoms with Gasteiger partial charge in [0.05, 0.1) is 4.90 Å². The highest BCUT2D eigenvalue weighted by molar-refractivity contribution is 7.93. The summed E-state index contributed by atoms with van der Waals surface area (Å²) in [5, 5.41) is 0.346. The number of carbonyl (C=O) groups is 1. The first-order valence-electron chi connectivity index (χ1n) is 9.38. The van der Waals surface area contributed by atoms with Gasteiger partial charge < -0.3 is 10.3 Å². The van der Waals surface area contributed by atoms with Gasteiger partial charge in [-0.3, -0.25) is 4.79 Å². The maximum absolute atomic E-state index is 16.3. The lowest BCUT2D eigenvalue weighted by atomic mass is 9.83. The van der Waals surface area contributed by atoms with Gasteiger partial charge in [0.15, 0.2) is 0 Å². The first-order chi connectivity index (χ1) is 14.2. The molecule has 3 aromatic rings. The van der Waals surface area contributed by atoms with Crippen molar-refractivity contribution >= 4 is 38.2 Å². The van der Waals surface area contributed by atoms with E-state index in [0.717, 1.165) is 34.7 Å². The number of hydrogen-bond donors (Lipinski definition) is 2. The van der Waals surface area contributed by atoms with Crippen LogP contribution in [0.2, 0.25) is 5.02 Å². The Hall–Kier alpha value is -2.45. The van der Waals surface area contributed by atoms with E-state index in [1.807, 2.05) is 0 Å². The largest absolute Gasteiger partial charge is 0.358 e. The highest BCUT2D eigenvalue weighted by Gasteiger charge is 2.58. The van der Waals surface area contributed by atoms with E-state index in [1.165, 1.54) is 13.1 Å². The molecule has 4 rings (SSSR count). The number of alkyl halides is 1. The molecule has 2 N–H and O–H groups in total. The summed E-state index contributed by atoms with van der Waals surface area (Å²) in [7, 11) is -3.65. The Balaban J connectivity index is 1.80. The quantitative estimate of drug-likeness (QED) is 0.629. The van der Waals surface area contributed by atoms with E-state index in [9.17, 15) is 17.6 Å². The average Bonchev–Trinajstić information content (AvgIpc) is 3.09. The van der Waals surface area contributed by atoms with Gasteiger partial charge in [-0.25, -0.2) is 17.2 Å². The molecule has 0 saturated carbocycles. The Morgan fingerprint density at radius 2 is 2.03 bits per heavy atom. The van der Waals surface area contributed by atoms with Crippen LogP contribution in [0.15, 0.2) is 47.4 Å². The minimum atomic E-state index is -4.83. The number of amides is 1. The Kier molecular flexibility index (Phi) is 5.10. The van der Waals surface area contributed by atoms with E-state index in [4.69, 9.17) is 11.6 Å². The minimum absolute atomic E-state index is 0.0140. The number of rotatable bonds is 4. The zero-order valence-corrected chi connectivity index (χ0v) is 17.6. The normalized spacial score (nSPS) is 18.6. The van der Waals surface area contributed by atoms with Gasteiger partial charge in [-0.15, -0.1) is 0 Å². The average molecular weight is 453 g/mol. The fourth-order valence-electron chi connectivity index (χ4n) is 4.22. The third kappa shape index (κ3) is 3.09. The van der Waals surface area contributed by atoms with Gasteiger partial charge in [-0.2, -0.15) is 0 Å². The summed E-state index contributed by atoms with van der Waals surface area (Å²) in [6.45, 7) is 0. The zero-order valence-electron chi connectivity index (χ0n) is 16.0. The van der Waals surface area contributed by atoms with Gasteiger partial charge in [0.2, 0.25) is 9.84 Å². The van der Waals surface area contributed by atoms with Crippen LogP contribution in [0.25, 0.3) is 10.9 Å². The molecule has 1 unspecified atom stereocenters. The molecule has 0 radical (unpaired) electrons. The van der Waals surface area contributed by atoms with Crippen LogP contribution in [0.5, 0.6) is 0 Å². The number of nitrogens with one attached hydrogen (secondary N) is 2. The maximum Gasteiger partial charge on any atom is 0.294 e. The number of benzene rings is 2. The van der Waals surface area contributed by atoms with E-state index < -0.39 is 37.4 Å². The molecular weight excluding hydrogens is 434 g/mol. The predicted octanol–water partition coefficient (Wildman–Crippen LogP) is 3.95. The lowest BCUT2D eigenvalue weighted by molar-refractivity contribution is -0.130. The number of H-pyrrole nitrogens is 1. The van der Waals surface area contributed by atoms with Gasteiger partial charge in [0.25, 0.3) is 10.9 Å². The fraction of sp³-hybridized carbons (Fsp3) is 0.286. The number of hydrogen-bond acceptors (Lipinski definition) is 3. The summed E-state index contributed by atoms with van der Waals surface area (Å²) in [5.41, 5.74) is 2.41. The minimum Gasteiger partial charge on any atom is -0.358 e. The highest BCUT2D eigenvalue weighted by Crippen LogP contribution is 2.43. The summed E-state index contributed by atoms with van der Waals surface area (Å²) in [4.78, 5) is 15.2. The van der Waals surface area contributed by atoms with Crippen molar-refractivity contribution in [3.05, 3.63) is 64.6 Å². The van der Waals surface area contributed by atoms with Gasteiger partial charge in [-0.1, -0.05) is 17.7 Å². The third-order valence-electron chi connectivity index (χ3n) is 5.71. The van der Waals surface area contributed by atoms with Crippen LogP contribution in [0, 0.1) is 11.7 Å². The molecule has 0 bridgehead atoms. The molecule has 0 fully saturated rings. The second-order valence-electron chi connectivity index (χ2n) is 7.40. The standard InChI is InChI=1S/C21H19ClF2N2O3S/c1-25-20(27)21(24,30(28,29)15-4-2-3-14(23)11-15)12-5-7-16-17-10-13(22)6-8-18(17)26-19(16)9-12/h2-4,6,8,10-12,26H,5,7,9H2,1H3,(H,25,27)/t12?,21-/m1/s1. The Labute approximate surface area is 177 Å². The molecule has 0 aliphatic heterocycles. The van der Waals surface area contributed by atoms with Crippen LogP contribution < -0.4 is 5.32 Å². The molecule has 1 heterocycles. The Bertz CT molecular complexity index is 1260. The van der Waals surface area contributed by atoms with Crippen molar-refractivity contribution in [2.24, 2.45) is 5.92 Å². The zero-order chi connectivity index (χ0) is 21.7. The fourth-order valence-corrected chi connectivity index (χ4v) is 6.25. The number of aromatic nitrogens is 1. The first-order valence-corrected chi connectivity index (χ1v) is 11.2. The molecule has 2 aromatic carbocycles. The lowest BCUT2D eigenvalue weighted by Crippen LogP contribution is -2.54. The molecule has 1 aliphatic carbocycles. The van der Waals surface area contributed by atoms with E-state index in [-0.39, 0.29) is 12.8 Å². The van der Waals surface area contributed by atoms with E-state index in [1.54, 1.807) is 18.2 Å². The molecule has 2 atom stereocenters. The molecule has 158 valence electrons. The van der Waals surface area contributed by atoms with Crippen LogP contribution in [0.3, 0.4) is 0 Å². The van der Waals surface area contributed by atoms with E-state index in [0.29, 0.717) is 17.1 Å². The van der Waals surface area contributed by atoms with Gasteiger partial charge >= 0.3 is 0 Å². The van der Waals surface area contributed by atoms with Crippen molar-refractivity contribution < 1.29 is 22.0 Å². The summed E-state index contributed by atoms with van der Waals surface area (Å²) < 4.78 is 56.4.